The van der Waals surface area contributed by atoms with Gasteiger partial charge in [0.1, 0.15) is 0 Å². The van der Waals surface area contributed by atoms with Crippen molar-refractivity contribution in [2.45, 2.75) is 32.2 Å². The quantitative estimate of drug-likeness (QED) is 0.480. The Balaban J connectivity index is 2.41. The van der Waals surface area contributed by atoms with Crippen LogP contribution in [0.5, 0.6) is 0 Å². The van der Waals surface area contributed by atoms with Crippen LogP contribution < -0.4 is 0 Å². The highest BCUT2D eigenvalue weighted by atomic mass is 16.5. The largest absolute Gasteiger partial charge is 0.466 e. The van der Waals surface area contributed by atoms with Gasteiger partial charge in [-0.05, 0) is 26.2 Å². The van der Waals surface area contributed by atoms with Gasteiger partial charge in [0.15, 0.2) is 0 Å². The minimum Gasteiger partial charge on any atom is -0.466 e. The summed E-state index contributed by atoms with van der Waals surface area (Å²) in [6, 6.07) is 0.551. The second kappa shape index (κ2) is 4.90. The van der Waals surface area contributed by atoms with E-state index in [1.54, 1.807) is 0 Å². The molecule has 74 valence electrons. The second-order valence-electron chi connectivity index (χ2n) is 3.42. The first-order chi connectivity index (χ1) is 6.24. The van der Waals surface area contributed by atoms with Crippen LogP contribution in [0.4, 0.5) is 0 Å². The number of nitrogens with zero attached hydrogens (tertiary/aromatic N) is 1. The average Bonchev–Trinajstić information content (AvgIpc) is 2.16. The topological polar surface area (TPSA) is 29.5 Å². The normalized spacial score (nSPS) is 23.5. The highest BCUT2D eigenvalue weighted by Gasteiger charge is 2.14. The standard InChI is InChI=1S/C10H17NO2/c1-9-5-3-4-7-11(9)8-6-10(12)13-2/h6,8-9H,3-5,7H2,1-2H3/b8-6+. The van der Waals surface area contributed by atoms with Gasteiger partial charge in [0, 0.05) is 24.9 Å². The first kappa shape index (κ1) is 10.1. The summed E-state index contributed by atoms with van der Waals surface area (Å²) in [6.07, 6.45) is 7.06. The van der Waals surface area contributed by atoms with E-state index in [4.69, 9.17) is 0 Å². The molecule has 1 aliphatic heterocycles. The Morgan fingerprint density at radius 1 is 1.54 bits per heavy atom. The third kappa shape index (κ3) is 3.09. The van der Waals surface area contributed by atoms with Crippen molar-refractivity contribution in [1.29, 1.82) is 0 Å². The molecule has 3 heteroatoms. The maximum Gasteiger partial charge on any atom is 0.331 e. The van der Waals surface area contributed by atoms with Gasteiger partial charge in [-0.3, -0.25) is 0 Å². The van der Waals surface area contributed by atoms with Crippen molar-refractivity contribution < 1.29 is 9.53 Å². The molecule has 0 saturated carbocycles. The molecule has 0 bridgehead atoms. The van der Waals surface area contributed by atoms with Crippen LogP contribution in [0.2, 0.25) is 0 Å². The third-order valence-corrected chi connectivity index (χ3v) is 2.46. The van der Waals surface area contributed by atoms with Gasteiger partial charge in [-0.1, -0.05) is 0 Å². The maximum atomic E-state index is 10.8. The molecule has 1 aliphatic rings. The van der Waals surface area contributed by atoms with Crippen LogP contribution in [0.1, 0.15) is 26.2 Å². The summed E-state index contributed by atoms with van der Waals surface area (Å²) in [7, 11) is 1.40. The lowest BCUT2D eigenvalue weighted by Crippen LogP contribution is -2.33. The van der Waals surface area contributed by atoms with Crippen LogP contribution in [-0.2, 0) is 9.53 Å². The number of methoxy groups -OCH3 is 1. The summed E-state index contributed by atoms with van der Waals surface area (Å²) < 4.78 is 4.52. The van der Waals surface area contributed by atoms with Gasteiger partial charge in [-0.15, -0.1) is 0 Å². The smallest absolute Gasteiger partial charge is 0.331 e. The van der Waals surface area contributed by atoms with E-state index in [0.29, 0.717) is 6.04 Å². The van der Waals surface area contributed by atoms with E-state index >= 15 is 0 Å². The van der Waals surface area contributed by atoms with Gasteiger partial charge in [0.2, 0.25) is 0 Å². The van der Waals surface area contributed by atoms with E-state index in [2.05, 4.69) is 16.6 Å². The monoisotopic (exact) mass is 183 g/mol. The molecule has 0 aromatic heterocycles. The molecule has 1 rings (SSSR count). The first-order valence-electron chi connectivity index (χ1n) is 4.76. The number of hydrogen-bond acceptors (Lipinski definition) is 3. The summed E-state index contributed by atoms with van der Waals surface area (Å²) >= 11 is 0. The van der Waals surface area contributed by atoms with E-state index in [0.717, 1.165) is 6.54 Å². The van der Waals surface area contributed by atoms with Crippen LogP contribution in [0.3, 0.4) is 0 Å². The number of hydrogen-bond donors (Lipinski definition) is 0. The number of ether oxygens (including phenoxy) is 1. The Morgan fingerprint density at radius 3 is 2.92 bits per heavy atom. The van der Waals surface area contributed by atoms with Gasteiger partial charge in [-0.25, -0.2) is 4.79 Å². The van der Waals surface area contributed by atoms with Gasteiger partial charge in [0.05, 0.1) is 7.11 Å². The van der Waals surface area contributed by atoms with Gasteiger partial charge < -0.3 is 9.64 Å². The van der Waals surface area contributed by atoms with Crippen LogP contribution in [0.15, 0.2) is 12.3 Å². The first-order valence-corrected chi connectivity index (χ1v) is 4.76. The Labute approximate surface area is 79.4 Å². The van der Waals surface area contributed by atoms with Crippen LogP contribution in [0, 0.1) is 0 Å². The van der Waals surface area contributed by atoms with Crippen molar-refractivity contribution in [2.24, 2.45) is 0 Å². The molecule has 0 spiro atoms. The maximum absolute atomic E-state index is 10.8. The average molecular weight is 183 g/mol. The van der Waals surface area contributed by atoms with Crippen molar-refractivity contribution in [1.82, 2.24) is 4.90 Å². The van der Waals surface area contributed by atoms with Crippen molar-refractivity contribution in [3.05, 3.63) is 12.3 Å². The van der Waals surface area contributed by atoms with E-state index < -0.39 is 0 Å². The summed E-state index contributed by atoms with van der Waals surface area (Å²) in [4.78, 5) is 13.0. The number of likely N-dealkylation sites (tertiary alicyclic amines) is 1. The summed E-state index contributed by atoms with van der Waals surface area (Å²) in [5.41, 5.74) is 0. The SMILES string of the molecule is COC(=O)/C=C/N1CCCCC1C. The highest BCUT2D eigenvalue weighted by Crippen LogP contribution is 2.16. The van der Waals surface area contributed by atoms with E-state index in [-0.39, 0.29) is 5.97 Å². The molecule has 0 aromatic rings. The minimum atomic E-state index is -0.280. The van der Waals surface area contributed by atoms with Crippen molar-refractivity contribution in [3.63, 3.8) is 0 Å². The molecule has 0 aliphatic carbocycles. The minimum absolute atomic E-state index is 0.280. The molecule has 13 heavy (non-hydrogen) atoms. The molecular weight excluding hydrogens is 166 g/mol. The molecule has 0 N–H and O–H groups in total. The number of esters is 1. The fraction of sp³-hybridized carbons (Fsp3) is 0.700. The third-order valence-electron chi connectivity index (χ3n) is 2.46. The van der Waals surface area contributed by atoms with Crippen molar-refractivity contribution in [3.8, 4) is 0 Å². The van der Waals surface area contributed by atoms with E-state index in [1.165, 1.54) is 32.4 Å². The lowest BCUT2D eigenvalue weighted by atomic mass is 10.0. The number of carbonyl (C=O) groups is 1. The predicted molar refractivity (Wildman–Crippen MR) is 51.2 cm³/mol. The van der Waals surface area contributed by atoms with Crippen molar-refractivity contribution >= 4 is 5.97 Å². The zero-order valence-electron chi connectivity index (χ0n) is 8.32. The fourth-order valence-electron chi connectivity index (χ4n) is 1.57. The predicted octanol–water partition coefficient (Wildman–Crippen LogP) is 1.55. The zero-order chi connectivity index (χ0) is 9.68. The lowest BCUT2D eigenvalue weighted by molar-refractivity contribution is -0.134. The molecule has 0 aromatic carbocycles. The lowest BCUT2D eigenvalue weighted by Gasteiger charge is -2.32. The van der Waals surface area contributed by atoms with Gasteiger partial charge in [0.25, 0.3) is 0 Å². The Bertz CT molecular complexity index is 201. The summed E-state index contributed by atoms with van der Waals surface area (Å²) in [5.74, 6) is -0.280. The fourth-order valence-corrected chi connectivity index (χ4v) is 1.57. The van der Waals surface area contributed by atoms with Crippen LogP contribution in [-0.4, -0.2) is 30.6 Å². The molecule has 0 radical (unpaired) electrons. The molecule has 1 fully saturated rings. The van der Waals surface area contributed by atoms with Crippen molar-refractivity contribution in [2.75, 3.05) is 13.7 Å². The summed E-state index contributed by atoms with van der Waals surface area (Å²) in [5, 5.41) is 0. The number of rotatable bonds is 2. The Morgan fingerprint density at radius 2 is 2.31 bits per heavy atom. The Kier molecular flexibility index (Phi) is 3.80. The van der Waals surface area contributed by atoms with Crippen LogP contribution in [0.25, 0.3) is 0 Å². The molecule has 0 amide bonds. The second-order valence-corrected chi connectivity index (χ2v) is 3.42. The highest BCUT2D eigenvalue weighted by molar-refractivity contribution is 5.81. The molecule has 1 unspecified atom stereocenters. The number of piperidine rings is 1. The number of carbonyl (C=O) groups excluding carboxylic acids is 1. The summed E-state index contributed by atoms with van der Waals surface area (Å²) in [6.45, 7) is 3.23. The zero-order valence-corrected chi connectivity index (χ0v) is 8.32. The molecule has 3 nitrogen and oxygen atoms in total. The van der Waals surface area contributed by atoms with Gasteiger partial charge in [-0.2, -0.15) is 0 Å². The van der Waals surface area contributed by atoms with Crippen LogP contribution >= 0.6 is 0 Å². The van der Waals surface area contributed by atoms with E-state index in [9.17, 15) is 4.79 Å². The van der Waals surface area contributed by atoms with Gasteiger partial charge >= 0.3 is 5.97 Å². The molecule has 1 heterocycles. The molecule has 1 atom stereocenters. The molecule has 1 saturated heterocycles. The van der Waals surface area contributed by atoms with E-state index in [1.807, 2.05) is 6.20 Å². The molecular formula is C10H17NO2. The Hall–Kier alpha value is -0.990.